The van der Waals surface area contributed by atoms with E-state index in [-0.39, 0.29) is 6.10 Å². The standard InChI is InChI=1S/C15H22ClNO/c1-3-4-10-18-15-11-17(2)9-8-12-13(15)6-5-7-14(12)16/h5-7,15H,3-4,8-11H2,1-2H3. The Morgan fingerprint density at radius 3 is 3.06 bits per heavy atom. The first-order valence-electron chi connectivity index (χ1n) is 6.79. The van der Waals surface area contributed by atoms with E-state index in [1.165, 1.54) is 17.5 Å². The van der Waals surface area contributed by atoms with Crippen LogP contribution in [0.3, 0.4) is 0 Å². The highest BCUT2D eigenvalue weighted by Crippen LogP contribution is 2.30. The van der Waals surface area contributed by atoms with Crippen LogP contribution in [0, 0.1) is 0 Å². The molecule has 1 heterocycles. The van der Waals surface area contributed by atoms with E-state index < -0.39 is 0 Å². The lowest BCUT2D eigenvalue weighted by molar-refractivity contribution is 0.0320. The third-order valence-electron chi connectivity index (χ3n) is 3.54. The average molecular weight is 268 g/mol. The molecule has 1 unspecified atom stereocenters. The van der Waals surface area contributed by atoms with Gasteiger partial charge in [0.15, 0.2) is 0 Å². The summed E-state index contributed by atoms with van der Waals surface area (Å²) >= 11 is 6.31. The van der Waals surface area contributed by atoms with Gasteiger partial charge in [-0.1, -0.05) is 37.1 Å². The third-order valence-corrected chi connectivity index (χ3v) is 3.89. The Labute approximate surface area is 115 Å². The van der Waals surface area contributed by atoms with Crippen molar-refractivity contribution in [2.45, 2.75) is 32.3 Å². The fraction of sp³-hybridized carbons (Fsp3) is 0.600. The van der Waals surface area contributed by atoms with Crippen LogP contribution in [-0.2, 0) is 11.2 Å². The molecule has 1 aliphatic heterocycles. The van der Waals surface area contributed by atoms with Gasteiger partial charge in [-0.15, -0.1) is 0 Å². The number of unbranched alkanes of at least 4 members (excludes halogenated alkanes) is 1. The molecule has 1 aliphatic rings. The second-order valence-electron chi connectivity index (χ2n) is 5.03. The highest BCUT2D eigenvalue weighted by Gasteiger charge is 2.23. The Hall–Kier alpha value is -0.570. The first-order valence-corrected chi connectivity index (χ1v) is 7.17. The van der Waals surface area contributed by atoms with Crippen molar-refractivity contribution in [1.82, 2.24) is 4.90 Å². The third kappa shape index (κ3) is 3.25. The Morgan fingerprint density at radius 1 is 1.44 bits per heavy atom. The summed E-state index contributed by atoms with van der Waals surface area (Å²) in [4.78, 5) is 2.33. The maximum absolute atomic E-state index is 6.31. The lowest BCUT2D eigenvalue weighted by Gasteiger charge is -2.22. The minimum absolute atomic E-state index is 0.165. The van der Waals surface area contributed by atoms with E-state index in [9.17, 15) is 0 Å². The van der Waals surface area contributed by atoms with Crippen molar-refractivity contribution in [3.63, 3.8) is 0 Å². The summed E-state index contributed by atoms with van der Waals surface area (Å²) in [5, 5.41) is 0.881. The molecule has 0 aromatic heterocycles. The largest absolute Gasteiger partial charge is 0.372 e. The van der Waals surface area contributed by atoms with Crippen molar-refractivity contribution in [3.8, 4) is 0 Å². The molecule has 0 saturated carbocycles. The Morgan fingerprint density at radius 2 is 2.28 bits per heavy atom. The topological polar surface area (TPSA) is 12.5 Å². The van der Waals surface area contributed by atoms with Gasteiger partial charge in [-0.3, -0.25) is 0 Å². The molecule has 1 aromatic carbocycles. The van der Waals surface area contributed by atoms with Crippen molar-refractivity contribution in [2.75, 3.05) is 26.7 Å². The number of halogens is 1. The molecule has 0 radical (unpaired) electrons. The van der Waals surface area contributed by atoms with Gasteiger partial charge in [0.2, 0.25) is 0 Å². The second-order valence-corrected chi connectivity index (χ2v) is 5.44. The van der Waals surface area contributed by atoms with E-state index in [4.69, 9.17) is 16.3 Å². The molecule has 2 rings (SSSR count). The number of ether oxygens (including phenoxy) is 1. The molecular weight excluding hydrogens is 246 g/mol. The van der Waals surface area contributed by atoms with E-state index in [0.717, 1.165) is 37.6 Å². The molecule has 0 spiro atoms. The van der Waals surface area contributed by atoms with Crippen LogP contribution < -0.4 is 0 Å². The molecule has 18 heavy (non-hydrogen) atoms. The maximum Gasteiger partial charge on any atom is 0.0954 e. The van der Waals surface area contributed by atoms with Crippen molar-refractivity contribution < 1.29 is 4.74 Å². The summed E-state index contributed by atoms with van der Waals surface area (Å²) in [5.74, 6) is 0. The summed E-state index contributed by atoms with van der Waals surface area (Å²) in [7, 11) is 2.15. The number of rotatable bonds is 4. The fourth-order valence-electron chi connectivity index (χ4n) is 2.43. The Kier molecular flexibility index (Phi) is 5.04. The number of benzene rings is 1. The lowest BCUT2D eigenvalue weighted by atomic mass is 10.0. The van der Waals surface area contributed by atoms with Crippen molar-refractivity contribution >= 4 is 11.6 Å². The van der Waals surface area contributed by atoms with Gasteiger partial charge in [-0.2, -0.15) is 0 Å². The highest BCUT2D eigenvalue weighted by molar-refractivity contribution is 6.31. The van der Waals surface area contributed by atoms with Crippen LogP contribution in [0.25, 0.3) is 0 Å². The lowest BCUT2D eigenvalue weighted by Crippen LogP contribution is -2.25. The van der Waals surface area contributed by atoms with Gasteiger partial charge in [0.05, 0.1) is 6.10 Å². The average Bonchev–Trinajstić information content (AvgIpc) is 2.51. The van der Waals surface area contributed by atoms with E-state index in [1.54, 1.807) is 0 Å². The summed E-state index contributed by atoms with van der Waals surface area (Å²) in [5.41, 5.74) is 2.55. The molecule has 0 bridgehead atoms. The summed E-state index contributed by atoms with van der Waals surface area (Å²) in [6.45, 7) is 5.02. The van der Waals surface area contributed by atoms with Gasteiger partial charge >= 0.3 is 0 Å². The van der Waals surface area contributed by atoms with E-state index in [0.29, 0.717) is 0 Å². The molecule has 1 atom stereocenters. The predicted octanol–water partition coefficient (Wildman–Crippen LogP) is 3.69. The molecular formula is C15H22ClNO. The smallest absolute Gasteiger partial charge is 0.0954 e. The normalized spacial score (nSPS) is 20.5. The molecule has 0 N–H and O–H groups in total. The SMILES string of the molecule is CCCCOC1CN(C)CCc2c(Cl)cccc21. The summed E-state index contributed by atoms with van der Waals surface area (Å²) in [6, 6.07) is 6.18. The molecule has 0 saturated heterocycles. The molecule has 0 amide bonds. The predicted molar refractivity (Wildman–Crippen MR) is 76.3 cm³/mol. The second kappa shape index (κ2) is 6.55. The highest BCUT2D eigenvalue weighted by atomic mass is 35.5. The monoisotopic (exact) mass is 267 g/mol. The number of hydrogen-bond donors (Lipinski definition) is 0. The molecule has 100 valence electrons. The number of nitrogens with zero attached hydrogens (tertiary/aromatic N) is 1. The first-order chi connectivity index (χ1) is 8.72. The van der Waals surface area contributed by atoms with Gasteiger partial charge in [-0.05, 0) is 37.1 Å². The van der Waals surface area contributed by atoms with Crippen molar-refractivity contribution in [2.24, 2.45) is 0 Å². The zero-order chi connectivity index (χ0) is 13.0. The van der Waals surface area contributed by atoms with Crippen LogP contribution in [0.2, 0.25) is 5.02 Å². The zero-order valence-corrected chi connectivity index (χ0v) is 12.0. The van der Waals surface area contributed by atoms with Crippen LogP contribution in [0.4, 0.5) is 0 Å². The molecule has 0 aliphatic carbocycles. The van der Waals surface area contributed by atoms with Gasteiger partial charge < -0.3 is 9.64 Å². The van der Waals surface area contributed by atoms with Crippen LogP contribution in [0.15, 0.2) is 18.2 Å². The zero-order valence-electron chi connectivity index (χ0n) is 11.3. The summed E-state index contributed by atoms with van der Waals surface area (Å²) in [6.07, 6.45) is 3.47. The molecule has 0 fully saturated rings. The fourth-order valence-corrected chi connectivity index (χ4v) is 2.70. The minimum atomic E-state index is 0.165. The molecule has 2 nitrogen and oxygen atoms in total. The van der Waals surface area contributed by atoms with Crippen LogP contribution >= 0.6 is 11.6 Å². The maximum atomic E-state index is 6.31. The van der Waals surface area contributed by atoms with Crippen LogP contribution in [0.5, 0.6) is 0 Å². The summed E-state index contributed by atoms with van der Waals surface area (Å²) < 4.78 is 6.05. The molecule has 1 aromatic rings. The Balaban J connectivity index is 2.19. The molecule has 3 heteroatoms. The Bertz CT molecular complexity index is 394. The van der Waals surface area contributed by atoms with Gasteiger partial charge in [0.25, 0.3) is 0 Å². The number of hydrogen-bond acceptors (Lipinski definition) is 2. The van der Waals surface area contributed by atoms with Gasteiger partial charge in [-0.25, -0.2) is 0 Å². The number of fused-ring (bicyclic) bond motifs is 1. The number of likely N-dealkylation sites (N-methyl/N-ethyl adjacent to an activating group) is 1. The van der Waals surface area contributed by atoms with E-state index in [2.05, 4.69) is 24.9 Å². The van der Waals surface area contributed by atoms with Crippen molar-refractivity contribution in [3.05, 3.63) is 34.3 Å². The van der Waals surface area contributed by atoms with Gasteiger partial charge in [0.1, 0.15) is 0 Å². The van der Waals surface area contributed by atoms with Crippen molar-refractivity contribution in [1.29, 1.82) is 0 Å². The van der Waals surface area contributed by atoms with Crippen LogP contribution in [-0.4, -0.2) is 31.6 Å². The van der Waals surface area contributed by atoms with Crippen LogP contribution in [0.1, 0.15) is 37.0 Å². The van der Waals surface area contributed by atoms with Gasteiger partial charge in [0, 0.05) is 24.7 Å². The van der Waals surface area contributed by atoms with E-state index in [1.807, 2.05) is 12.1 Å². The van der Waals surface area contributed by atoms with E-state index >= 15 is 0 Å². The minimum Gasteiger partial charge on any atom is -0.372 e. The first kappa shape index (κ1) is 13.9. The quantitative estimate of drug-likeness (QED) is 0.772.